The van der Waals surface area contributed by atoms with Crippen LogP contribution in [0.1, 0.15) is 28.2 Å². The SMILES string of the molecule is COC(=O)[C@H](Cc1ccc(C(F)(F)P(=O)([O-])[O-])cc1)NC(=O)OCC1c2ccccc2-c2ccccc21.[Na+].[Na+]. The summed E-state index contributed by atoms with van der Waals surface area (Å²) in [6.07, 6.45) is -1.03. The quantitative estimate of drug-likeness (QED) is 0.176. The Balaban J connectivity index is 0.00000267. The number of ether oxygens (including phenoxy) is 2. The average molecular weight is 575 g/mol. The van der Waals surface area contributed by atoms with Gasteiger partial charge in [0.15, 0.2) is 0 Å². The van der Waals surface area contributed by atoms with Crippen LogP contribution in [0.5, 0.6) is 0 Å². The molecule has 1 aliphatic carbocycles. The number of halogens is 2. The molecule has 39 heavy (non-hydrogen) atoms. The summed E-state index contributed by atoms with van der Waals surface area (Å²) in [5.41, 5.74) is -1.13. The van der Waals surface area contributed by atoms with Crippen molar-refractivity contribution in [1.82, 2.24) is 5.32 Å². The van der Waals surface area contributed by atoms with Crippen LogP contribution in [-0.4, -0.2) is 31.8 Å². The number of carbonyl (C=O) groups excluding carboxylic acids is 2. The van der Waals surface area contributed by atoms with E-state index in [2.05, 4.69) is 5.32 Å². The number of rotatable bonds is 8. The molecule has 0 aliphatic heterocycles. The van der Waals surface area contributed by atoms with E-state index >= 15 is 0 Å². The molecule has 1 N–H and O–H groups in total. The first-order valence-electron chi connectivity index (χ1n) is 11.2. The topological polar surface area (TPSA) is 128 Å². The zero-order valence-corrected chi connectivity index (χ0v) is 26.5. The van der Waals surface area contributed by atoms with Crippen LogP contribution in [0.4, 0.5) is 13.6 Å². The molecule has 0 unspecified atom stereocenters. The van der Waals surface area contributed by atoms with Crippen molar-refractivity contribution in [1.29, 1.82) is 0 Å². The first-order chi connectivity index (χ1) is 17.5. The van der Waals surface area contributed by atoms with Gasteiger partial charge < -0.3 is 29.1 Å². The van der Waals surface area contributed by atoms with Crippen LogP contribution in [0.25, 0.3) is 11.1 Å². The smallest absolute Gasteiger partial charge is 0.806 e. The van der Waals surface area contributed by atoms with E-state index in [9.17, 15) is 32.7 Å². The van der Waals surface area contributed by atoms with E-state index in [0.717, 1.165) is 53.6 Å². The third kappa shape index (κ3) is 7.38. The summed E-state index contributed by atoms with van der Waals surface area (Å²) in [5.74, 6) is -0.992. The molecule has 0 fully saturated rings. The zero-order valence-electron chi connectivity index (χ0n) is 21.6. The van der Waals surface area contributed by atoms with E-state index in [-0.39, 0.29) is 78.1 Å². The van der Waals surface area contributed by atoms with E-state index in [1.807, 2.05) is 48.5 Å². The predicted octanol–water partition coefficient (Wildman–Crippen LogP) is -2.72. The van der Waals surface area contributed by atoms with E-state index in [1.54, 1.807) is 0 Å². The molecule has 0 saturated heterocycles. The van der Waals surface area contributed by atoms with Gasteiger partial charge in [-0.3, -0.25) is 0 Å². The van der Waals surface area contributed by atoms with Crippen molar-refractivity contribution in [3.63, 3.8) is 0 Å². The van der Waals surface area contributed by atoms with E-state index in [4.69, 9.17) is 9.47 Å². The van der Waals surface area contributed by atoms with Crippen molar-refractivity contribution in [2.24, 2.45) is 0 Å². The molecule has 3 aromatic carbocycles. The normalized spacial score (nSPS) is 13.2. The van der Waals surface area contributed by atoms with Gasteiger partial charge in [0.05, 0.1) is 7.11 Å². The summed E-state index contributed by atoms with van der Waals surface area (Å²) in [6.45, 7) is 0.0159. The molecular weight excluding hydrogens is 553 g/mol. The number of esters is 1. The largest absolute Gasteiger partial charge is 1.00 e. The Morgan fingerprint density at radius 2 is 1.46 bits per heavy atom. The number of nitrogens with one attached hydrogen (secondary N) is 1. The molecule has 194 valence electrons. The Labute approximate surface area is 268 Å². The minimum atomic E-state index is -6.21. The van der Waals surface area contributed by atoms with Crippen molar-refractivity contribution in [2.45, 2.75) is 24.0 Å². The van der Waals surface area contributed by atoms with Crippen molar-refractivity contribution in [3.8, 4) is 11.1 Å². The number of amides is 1. The van der Waals surface area contributed by atoms with Crippen LogP contribution in [0.2, 0.25) is 0 Å². The molecule has 8 nitrogen and oxygen atoms in total. The molecule has 0 saturated carbocycles. The van der Waals surface area contributed by atoms with Crippen molar-refractivity contribution in [2.75, 3.05) is 13.7 Å². The molecule has 0 aromatic heterocycles. The Morgan fingerprint density at radius 1 is 0.949 bits per heavy atom. The Morgan fingerprint density at radius 3 is 1.95 bits per heavy atom. The van der Waals surface area contributed by atoms with Gasteiger partial charge in [-0.15, -0.1) is 0 Å². The fraction of sp³-hybridized carbons (Fsp3) is 0.231. The monoisotopic (exact) mass is 575 g/mol. The number of hydrogen-bond donors (Lipinski definition) is 1. The molecule has 13 heteroatoms. The molecule has 4 rings (SSSR count). The second kappa shape index (κ2) is 13.9. The molecule has 0 spiro atoms. The van der Waals surface area contributed by atoms with Gasteiger partial charge in [0, 0.05) is 25.5 Å². The van der Waals surface area contributed by atoms with Crippen LogP contribution in [-0.2, 0) is 30.9 Å². The molecule has 1 amide bonds. The number of carbonyl (C=O) groups is 2. The Kier molecular flexibility index (Phi) is 11.9. The standard InChI is InChI=1S/C26H24F2NO7P.2Na/c1-35-24(30)23(14-16-10-12-17(13-11-16)26(27,28)37(32,33)34)29-25(31)36-15-22-20-8-4-2-6-18(20)19-7-3-5-9-21(19)22;;/h2-13,22-23H,14-15H2,1H3,(H,29,31)(H2,32,33,34);;/q;2*+1/p-2/t23-;;/m0../s1. The molecular formula is C26H22F2NNa2O7P. The predicted molar refractivity (Wildman–Crippen MR) is 126 cm³/mol. The van der Waals surface area contributed by atoms with Crippen LogP contribution in [0, 0.1) is 0 Å². The summed E-state index contributed by atoms with van der Waals surface area (Å²) >= 11 is 0. The minimum absolute atomic E-state index is 0. The van der Waals surface area contributed by atoms with Gasteiger partial charge in [0.25, 0.3) is 5.66 Å². The number of hydrogen-bond acceptors (Lipinski definition) is 7. The summed E-state index contributed by atoms with van der Waals surface area (Å²) in [7, 11) is -5.09. The third-order valence-corrected chi connectivity index (χ3v) is 7.15. The van der Waals surface area contributed by atoms with Gasteiger partial charge >= 0.3 is 71.2 Å². The second-order valence-electron chi connectivity index (χ2n) is 8.49. The van der Waals surface area contributed by atoms with Gasteiger partial charge in [0.1, 0.15) is 12.6 Å². The maximum Gasteiger partial charge on any atom is 1.00 e. The molecule has 3 aromatic rings. The van der Waals surface area contributed by atoms with Crippen molar-refractivity contribution < 1.29 is 101 Å². The van der Waals surface area contributed by atoms with Gasteiger partial charge in [-0.25, -0.2) is 9.59 Å². The Bertz CT molecular complexity index is 1320. The number of benzene rings is 3. The first-order valence-corrected chi connectivity index (χ1v) is 12.8. The number of alkyl carbamates (subject to hydrolysis) is 1. The van der Waals surface area contributed by atoms with Crippen LogP contribution < -0.4 is 74.2 Å². The van der Waals surface area contributed by atoms with Crippen LogP contribution in [0.3, 0.4) is 0 Å². The molecule has 0 heterocycles. The molecule has 1 aliphatic rings. The summed E-state index contributed by atoms with van der Waals surface area (Å²) in [6, 6.07) is 18.2. The molecule has 0 bridgehead atoms. The fourth-order valence-corrected chi connectivity index (χ4v) is 4.82. The van der Waals surface area contributed by atoms with Gasteiger partial charge in [-0.2, -0.15) is 8.78 Å². The van der Waals surface area contributed by atoms with Crippen LogP contribution in [0.15, 0.2) is 72.8 Å². The summed E-state index contributed by atoms with van der Waals surface area (Å²) in [4.78, 5) is 46.6. The van der Waals surface area contributed by atoms with E-state index in [1.165, 1.54) is 0 Å². The van der Waals surface area contributed by atoms with Crippen molar-refractivity contribution >= 4 is 19.7 Å². The van der Waals surface area contributed by atoms with Gasteiger partial charge in [0.2, 0.25) is 0 Å². The van der Waals surface area contributed by atoms with Gasteiger partial charge in [-0.05, 0) is 27.8 Å². The average Bonchev–Trinajstić information content (AvgIpc) is 3.20. The maximum atomic E-state index is 13.8. The van der Waals surface area contributed by atoms with Gasteiger partial charge in [-0.1, -0.05) is 72.8 Å². The minimum Gasteiger partial charge on any atom is -0.806 e. The second-order valence-corrected chi connectivity index (χ2v) is 10.0. The van der Waals surface area contributed by atoms with Crippen molar-refractivity contribution in [3.05, 3.63) is 95.1 Å². The fourth-order valence-electron chi connectivity index (χ4n) is 4.35. The van der Waals surface area contributed by atoms with E-state index in [0.29, 0.717) is 5.56 Å². The summed E-state index contributed by atoms with van der Waals surface area (Å²) < 4.78 is 48.6. The number of alkyl halides is 2. The first kappa shape index (κ1) is 33.6. The zero-order chi connectivity index (χ0) is 26.8. The Hall–Kier alpha value is -1.59. The maximum absolute atomic E-state index is 13.8. The summed E-state index contributed by atoms with van der Waals surface area (Å²) in [5, 5.41) is 2.43. The number of fused-ring (bicyclic) bond motifs is 3. The third-order valence-electron chi connectivity index (χ3n) is 6.21. The van der Waals surface area contributed by atoms with E-state index < -0.39 is 36.9 Å². The number of methoxy groups -OCH3 is 1. The molecule has 1 atom stereocenters. The molecule has 0 radical (unpaired) electrons. The van der Waals surface area contributed by atoms with Crippen LogP contribution >= 0.6 is 7.60 Å².